The van der Waals surface area contributed by atoms with Crippen molar-refractivity contribution in [3.8, 4) is 0 Å². The molecule has 4 N–H and O–H groups in total. The molecule has 0 fully saturated rings. The zero-order valence-corrected chi connectivity index (χ0v) is 11.4. The maximum atomic E-state index is 11.4. The zero-order valence-electron chi connectivity index (χ0n) is 10.6. The largest absolute Gasteiger partial charge is 0.399 e. The van der Waals surface area contributed by atoms with Crippen LogP contribution in [0.2, 0.25) is 0 Å². The van der Waals surface area contributed by atoms with Gasteiger partial charge in [0.25, 0.3) is 0 Å². The lowest BCUT2D eigenvalue weighted by Gasteiger charge is -2.02. The van der Waals surface area contributed by atoms with Crippen LogP contribution >= 0.6 is 0 Å². The van der Waals surface area contributed by atoms with Crippen LogP contribution in [0.1, 0.15) is 5.56 Å². The summed E-state index contributed by atoms with van der Waals surface area (Å²) in [5.74, 6) is -0.294. The van der Waals surface area contributed by atoms with E-state index in [4.69, 9.17) is 5.73 Å². The molecule has 0 aromatic heterocycles. The Kier molecular flexibility index (Phi) is 5.53. The fraction of sp³-hybridized carbons (Fsp3) is 0.250. The van der Waals surface area contributed by atoms with Gasteiger partial charge in [-0.15, -0.1) is 0 Å². The zero-order chi connectivity index (χ0) is 14.3. The fourth-order valence-electron chi connectivity index (χ4n) is 1.32. The first-order valence-corrected chi connectivity index (χ1v) is 7.52. The van der Waals surface area contributed by atoms with E-state index in [0.29, 0.717) is 5.69 Å². The van der Waals surface area contributed by atoms with E-state index in [1.54, 1.807) is 24.3 Å². The Bertz CT molecular complexity index is 567. The molecule has 0 aliphatic carbocycles. The number of carbonyl (C=O) groups excluding carboxylic acids is 1. The van der Waals surface area contributed by atoms with Crippen LogP contribution in [-0.2, 0) is 14.8 Å². The van der Waals surface area contributed by atoms with Gasteiger partial charge in [-0.3, -0.25) is 4.79 Å². The van der Waals surface area contributed by atoms with Gasteiger partial charge in [0.2, 0.25) is 15.9 Å². The highest BCUT2D eigenvalue weighted by Crippen LogP contribution is 2.07. The third-order valence-electron chi connectivity index (χ3n) is 2.13. The summed E-state index contributed by atoms with van der Waals surface area (Å²) in [5.41, 5.74) is 7.05. The van der Waals surface area contributed by atoms with Gasteiger partial charge in [-0.2, -0.15) is 0 Å². The molecule has 1 aromatic rings. The highest BCUT2D eigenvalue weighted by atomic mass is 32.2. The molecule has 0 spiro atoms. The van der Waals surface area contributed by atoms with Crippen molar-refractivity contribution < 1.29 is 13.2 Å². The van der Waals surface area contributed by atoms with Crippen LogP contribution in [0.15, 0.2) is 30.3 Å². The summed E-state index contributed by atoms with van der Waals surface area (Å²) < 4.78 is 23.8. The molecule has 0 heterocycles. The Morgan fingerprint density at radius 1 is 1.37 bits per heavy atom. The summed E-state index contributed by atoms with van der Waals surface area (Å²) in [5, 5.41) is 2.56. The quantitative estimate of drug-likeness (QED) is 0.387. The smallest absolute Gasteiger partial charge is 0.244 e. The molecule has 1 rings (SSSR count). The number of hydrogen-bond acceptors (Lipinski definition) is 4. The molecule has 19 heavy (non-hydrogen) atoms. The highest BCUT2D eigenvalue weighted by Gasteiger charge is 1.99. The number of amides is 1. The summed E-state index contributed by atoms with van der Waals surface area (Å²) in [6.45, 7) is 0.393. The molecule has 0 atom stereocenters. The monoisotopic (exact) mass is 283 g/mol. The number of anilines is 1. The minimum atomic E-state index is -3.22. The van der Waals surface area contributed by atoms with E-state index in [1.807, 2.05) is 6.07 Å². The second-order valence-electron chi connectivity index (χ2n) is 3.96. The Labute approximate surface area is 112 Å². The van der Waals surface area contributed by atoms with Gasteiger partial charge in [-0.25, -0.2) is 13.1 Å². The lowest BCUT2D eigenvalue weighted by Crippen LogP contribution is -2.33. The highest BCUT2D eigenvalue weighted by molar-refractivity contribution is 7.88. The van der Waals surface area contributed by atoms with Crippen molar-refractivity contribution in [2.24, 2.45) is 0 Å². The van der Waals surface area contributed by atoms with E-state index in [0.717, 1.165) is 11.8 Å². The number of nitrogens with two attached hydrogens (primary N) is 1. The first-order valence-electron chi connectivity index (χ1n) is 5.63. The first-order chi connectivity index (χ1) is 8.87. The fourth-order valence-corrected chi connectivity index (χ4v) is 1.79. The molecule has 0 aliphatic heterocycles. The Balaban J connectivity index is 2.35. The number of rotatable bonds is 6. The maximum Gasteiger partial charge on any atom is 0.244 e. The summed E-state index contributed by atoms with van der Waals surface area (Å²) in [6.07, 6.45) is 4.07. The van der Waals surface area contributed by atoms with Crippen molar-refractivity contribution in [3.05, 3.63) is 35.9 Å². The van der Waals surface area contributed by atoms with Crippen LogP contribution in [0.3, 0.4) is 0 Å². The van der Waals surface area contributed by atoms with Gasteiger partial charge in [0.15, 0.2) is 0 Å². The average molecular weight is 283 g/mol. The van der Waals surface area contributed by atoms with E-state index in [2.05, 4.69) is 10.0 Å². The predicted molar refractivity (Wildman–Crippen MR) is 75.7 cm³/mol. The van der Waals surface area contributed by atoms with Crippen LogP contribution in [0.4, 0.5) is 5.69 Å². The third-order valence-corrected chi connectivity index (χ3v) is 2.85. The topological polar surface area (TPSA) is 101 Å². The van der Waals surface area contributed by atoms with E-state index in [9.17, 15) is 13.2 Å². The van der Waals surface area contributed by atoms with Crippen molar-refractivity contribution in [1.82, 2.24) is 10.0 Å². The molecule has 0 saturated carbocycles. The molecule has 0 saturated heterocycles. The Morgan fingerprint density at radius 3 is 2.74 bits per heavy atom. The van der Waals surface area contributed by atoms with Gasteiger partial charge in [0.05, 0.1) is 6.26 Å². The standard InChI is InChI=1S/C12H17N3O3S/c1-19(17,18)15-8-7-14-12(16)6-5-10-3-2-4-11(13)9-10/h2-6,9,15H,7-8,13H2,1H3,(H,14,16)/b6-5+. The van der Waals surface area contributed by atoms with Crippen molar-refractivity contribution in [2.75, 3.05) is 25.1 Å². The average Bonchev–Trinajstić information content (AvgIpc) is 2.31. The predicted octanol–water partition coefficient (Wildman–Crippen LogP) is -0.0526. The van der Waals surface area contributed by atoms with Crippen LogP contribution < -0.4 is 15.8 Å². The molecular weight excluding hydrogens is 266 g/mol. The minimum Gasteiger partial charge on any atom is -0.399 e. The van der Waals surface area contributed by atoms with Gasteiger partial charge >= 0.3 is 0 Å². The van der Waals surface area contributed by atoms with E-state index in [-0.39, 0.29) is 19.0 Å². The minimum absolute atomic E-state index is 0.163. The SMILES string of the molecule is CS(=O)(=O)NCCNC(=O)/C=C/c1cccc(N)c1. The molecule has 7 heteroatoms. The molecule has 0 radical (unpaired) electrons. The number of benzene rings is 1. The third kappa shape index (κ3) is 7.22. The summed E-state index contributed by atoms with van der Waals surface area (Å²) in [4.78, 5) is 11.4. The van der Waals surface area contributed by atoms with E-state index >= 15 is 0 Å². The number of carbonyl (C=O) groups is 1. The number of sulfonamides is 1. The van der Waals surface area contributed by atoms with E-state index < -0.39 is 10.0 Å². The van der Waals surface area contributed by atoms with Crippen molar-refractivity contribution in [1.29, 1.82) is 0 Å². The van der Waals surface area contributed by atoms with Gasteiger partial charge in [-0.05, 0) is 23.8 Å². The first kappa shape index (κ1) is 15.2. The lowest BCUT2D eigenvalue weighted by molar-refractivity contribution is -0.116. The number of hydrogen-bond donors (Lipinski definition) is 3. The molecule has 0 bridgehead atoms. The van der Waals surface area contributed by atoms with Crippen LogP contribution in [-0.4, -0.2) is 33.7 Å². The van der Waals surface area contributed by atoms with Crippen LogP contribution in [0.25, 0.3) is 6.08 Å². The van der Waals surface area contributed by atoms with Gasteiger partial charge in [0.1, 0.15) is 0 Å². The van der Waals surface area contributed by atoms with Crippen molar-refractivity contribution in [2.45, 2.75) is 0 Å². The normalized spacial score (nSPS) is 11.6. The molecule has 1 amide bonds. The van der Waals surface area contributed by atoms with Crippen LogP contribution in [0, 0.1) is 0 Å². The van der Waals surface area contributed by atoms with Gasteiger partial charge in [0, 0.05) is 24.9 Å². The second-order valence-corrected chi connectivity index (χ2v) is 5.79. The van der Waals surface area contributed by atoms with E-state index in [1.165, 1.54) is 6.08 Å². The van der Waals surface area contributed by atoms with Crippen molar-refractivity contribution >= 4 is 27.7 Å². The Morgan fingerprint density at radius 2 is 2.11 bits per heavy atom. The maximum absolute atomic E-state index is 11.4. The molecule has 104 valence electrons. The molecular formula is C12H17N3O3S. The Hall–Kier alpha value is -1.86. The number of nitrogen functional groups attached to an aromatic ring is 1. The molecule has 6 nitrogen and oxygen atoms in total. The summed E-state index contributed by atoms with van der Waals surface area (Å²) in [6, 6.07) is 7.12. The van der Waals surface area contributed by atoms with Crippen molar-refractivity contribution in [3.63, 3.8) is 0 Å². The second kappa shape index (κ2) is 6.91. The summed E-state index contributed by atoms with van der Waals surface area (Å²) in [7, 11) is -3.22. The van der Waals surface area contributed by atoms with Gasteiger partial charge in [-0.1, -0.05) is 12.1 Å². The molecule has 0 unspecified atom stereocenters. The molecule has 1 aromatic carbocycles. The van der Waals surface area contributed by atoms with Gasteiger partial charge < -0.3 is 11.1 Å². The number of nitrogens with one attached hydrogen (secondary N) is 2. The summed E-state index contributed by atoms with van der Waals surface area (Å²) >= 11 is 0. The molecule has 0 aliphatic rings. The van der Waals surface area contributed by atoms with Crippen LogP contribution in [0.5, 0.6) is 0 Å². The lowest BCUT2D eigenvalue weighted by atomic mass is 10.2.